The molecule has 7 atom stereocenters. The molecular weight excluding hydrogens is 959 g/mol. The molecule has 0 aromatic heterocycles. The van der Waals surface area contributed by atoms with E-state index < -0.39 is 69.9 Å². The molecule has 2 rings (SSSR count). The van der Waals surface area contributed by atoms with Gasteiger partial charge in [0.2, 0.25) is 0 Å². The van der Waals surface area contributed by atoms with Crippen LogP contribution < -0.4 is 0 Å². The third-order valence-electron chi connectivity index (χ3n) is 14.9. The lowest BCUT2D eigenvalue weighted by Crippen LogP contribution is -2.62. The summed E-state index contributed by atoms with van der Waals surface area (Å²) in [5.74, 6) is -2.82. The summed E-state index contributed by atoms with van der Waals surface area (Å²) in [4.78, 5) is 80.2. The molecule has 0 radical (unpaired) electrons. The standard InChI is InChI=1S/C60H107NO12S/c1-5-9-13-17-21-25-29-33-37-41-52(63)69-48-51-56(71-53(64)42-38-34-30-26-22-18-14-10-6-2)57(72-54(65)43-39-35-31-27-23-19-15-11-7-3)58(73-55(66)44-40-36-32-28-24-20-16-12-8-4)60(70-51)74-59(61(67)68)49-45-46-50(62)47-49/h49,51,56-60H,5-48H2,1-4H3/t49?,51-,56+,57+,58-,59?,60+/m1/s1. The van der Waals surface area contributed by atoms with Crippen molar-refractivity contribution < 1.29 is 52.6 Å². The summed E-state index contributed by atoms with van der Waals surface area (Å²) in [6.07, 6.45) is 33.8. The van der Waals surface area contributed by atoms with E-state index in [4.69, 9.17) is 23.7 Å². The maximum Gasteiger partial charge on any atom is 0.306 e. The van der Waals surface area contributed by atoms with Crippen molar-refractivity contribution in [2.45, 2.75) is 339 Å². The first-order valence-electron chi connectivity index (χ1n) is 30.7. The van der Waals surface area contributed by atoms with Crippen molar-refractivity contribution in [2.75, 3.05) is 6.61 Å². The summed E-state index contributed by atoms with van der Waals surface area (Å²) >= 11 is 0.821. The minimum Gasteiger partial charge on any atom is -0.463 e. The Labute approximate surface area is 453 Å². The molecule has 0 bridgehead atoms. The number of thioether (sulfide) groups is 1. The van der Waals surface area contributed by atoms with Crippen LogP contribution in [0, 0.1) is 16.0 Å². The molecular formula is C60H107NO12S. The van der Waals surface area contributed by atoms with E-state index in [1.165, 1.54) is 109 Å². The maximum atomic E-state index is 14.0. The third kappa shape index (κ3) is 32.8. The van der Waals surface area contributed by atoms with Gasteiger partial charge >= 0.3 is 23.9 Å². The van der Waals surface area contributed by atoms with Crippen LogP contribution in [0.25, 0.3) is 0 Å². The number of unbranched alkanes of at least 4 members (excludes halogenated alkanes) is 32. The minimum atomic E-state index is -1.41. The van der Waals surface area contributed by atoms with Crippen LogP contribution in [-0.4, -0.2) is 76.4 Å². The summed E-state index contributed by atoms with van der Waals surface area (Å²) in [5, 5.41) is 11.5. The van der Waals surface area contributed by atoms with Gasteiger partial charge < -0.3 is 23.7 Å². The molecule has 0 spiro atoms. The van der Waals surface area contributed by atoms with Gasteiger partial charge in [0.15, 0.2) is 23.7 Å². The number of esters is 4. The van der Waals surface area contributed by atoms with Crippen LogP contribution in [0.1, 0.15) is 304 Å². The zero-order valence-corrected chi connectivity index (χ0v) is 48.2. The number of Topliss-reactive ketones (excluding diaryl/α,β-unsaturated/α-hetero) is 1. The van der Waals surface area contributed by atoms with E-state index in [0.29, 0.717) is 32.1 Å². The van der Waals surface area contributed by atoms with Crippen LogP contribution in [0.3, 0.4) is 0 Å². The van der Waals surface area contributed by atoms with E-state index in [9.17, 15) is 34.1 Å². The molecule has 430 valence electrons. The van der Waals surface area contributed by atoms with Crippen molar-refractivity contribution in [1.82, 2.24) is 0 Å². The number of rotatable bonds is 49. The highest BCUT2D eigenvalue weighted by Gasteiger charge is 2.55. The number of nitro groups is 1. The maximum absolute atomic E-state index is 14.0. The normalized spacial score (nSPS) is 20.1. The topological polar surface area (TPSA) is 175 Å². The van der Waals surface area contributed by atoms with E-state index in [1.54, 1.807) is 0 Å². The number of hydrogen-bond donors (Lipinski definition) is 0. The summed E-state index contributed by atoms with van der Waals surface area (Å²) in [7, 11) is 0. The molecule has 2 fully saturated rings. The fourth-order valence-corrected chi connectivity index (χ4v) is 11.7. The molecule has 1 heterocycles. The fraction of sp³-hybridized carbons (Fsp3) is 0.917. The SMILES string of the molecule is CCCCCCCCCCCC(=O)OC[C@H]1O[C@@H](SC(C2CCC(=O)C2)[N+](=O)[O-])[C@H](OC(=O)CCCCCCCCCCC)[C@@H](OC(=O)CCCCCCCCCCC)[C@H]1OC(=O)CCCCCCCCCCC. The zero-order chi connectivity index (χ0) is 53.9. The Kier molecular flexibility index (Phi) is 41.2. The summed E-state index contributed by atoms with van der Waals surface area (Å²) in [6.45, 7) is 8.43. The lowest BCUT2D eigenvalue weighted by Gasteiger charge is -2.44. The van der Waals surface area contributed by atoms with Gasteiger partial charge in [-0.1, -0.05) is 233 Å². The first-order chi connectivity index (χ1) is 36.0. The van der Waals surface area contributed by atoms with E-state index >= 15 is 0 Å². The molecule has 1 aliphatic carbocycles. The van der Waals surface area contributed by atoms with Gasteiger partial charge in [0.25, 0.3) is 5.37 Å². The zero-order valence-electron chi connectivity index (χ0n) is 47.4. The van der Waals surface area contributed by atoms with Crippen molar-refractivity contribution in [3.05, 3.63) is 10.1 Å². The summed E-state index contributed by atoms with van der Waals surface area (Å²) in [6, 6.07) is 0. The Morgan fingerprint density at radius 2 is 0.824 bits per heavy atom. The lowest BCUT2D eigenvalue weighted by molar-refractivity contribution is -0.504. The summed E-state index contributed by atoms with van der Waals surface area (Å²) in [5.41, 5.74) is -1.29. The Bertz CT molecular complexity index is 1480. The van der Waals surface area contributed by atoms with Gasteiger partial charge in [-0.05, 0) is 43.9 Å². The Morgan fingerprint density at radius 1 is 0.500 bits per heavy atom. The quantitative estimate of drug-likeness (QED) is 0.0141. The number of ketones is 1. The molecule has 2 aliphatic rings. The molecule has 0 N–H and O–H groups in total. The first-order valence-corrected chi connectivity index (χ1v) is 31.7. The van der Waals surface area contributed by atoms with Crippen molar-refractivity contribution in [2.24, 2.45) is 5.92 Å². The van der Waals surface area contributed by atoms with Crippen LogP contribution in [0.15, 0.2) is 0 Å². The van der Waals surface area contributed by atoms with Crippen molar-refractivity contribution in [1.29, 1.82) is 0 Å². The van der Waals surface area contributed by atoms with Crippen molar-refractivity contribution in [3.8, 4) is 0 Å². The Balaban J connectivity index is 2.43. The molecule has 14 heteroatoms. The molecule has 0 aromatic carbocycles. The Morgan fingerprint density at radius 3 is 1.16 bits per heavy atom. The molecule has 1 aliphatic heterocycles. The van der Waals surface area contributed by atoms with Gasteiger partial charge in [0.1, 0.15) is 18.5 Å². The van der Waals surface area contributed by atoms with Gasteiger partial charge in [-0.3, -0.25) is 34.1 Å². The fourth-order valence-electron chi connectivity index (χ4n) is 10.3. The average Bonchev–Trinajstić information content (AvgIpc) is 3.81. The van der Waals surface area contributed by atoms with Crippen molar-refractivity contribution in [3.63, 3.8) is 0 Å². The minimum absolute atomic E-state index is 0.0323. The highest BCUT2D eigenvalue weighted by molar-refractivity contribution is 8.00. The second-order valence-electron chi connectivity index (χ2n) is 21.8. The van der Waals surface area contributed by atoms with E-state index in [2.05, 4.69) is 27.7 Å². The van der Waals surface area contributed by atoms with E-state index in [0.717, 1.165) is 108 Å². The number of nitrogens with zero attached hydrogens (tertiary/aromatic N) is 1. The lowest BCUT2D eigenvalue weighted by atomic mass is 9.98. The molecule has 74 heavy (non-hydrogen) atoms. The van der Waals surface area contributed by atoms with Crippen LogP contribution in [-0.2, 0) is 47.7 Å². The second-order valence-corrected chi connectivity index (χ2v) is 23.0. The largest absolute Gasteiger partial charge is 0.463 e. The number of carbonyl (C=O) groups is 5. The monoisotopic (exact) mass is 1070 g/mol. The van der Waals surface area contributed by atoms with E-state index in [-0.39, 0.29) is 50.9 Å². The van der Waals surface area contributed by atoms with Crippen LogP contribution >= 0.6 is 11.8 Å². The average molecular weight is 1070 g/mol. The van der Waals surface area contributed by atoms with Gasteiger partial charge in [0, 0.05) is 49.4 Å². The molecule has 1 saturated heterocycles. The molecule has 1 saturated carbocycles. The number of hydrogen-bond acceptors (Lipinski definition) is 13. The number of ether oxygens (including phenoxy) is 5. The highest BCUT2D eigenvalue weighted by atomic mass is 32.2. The molecule has 0 aromatic rings. The van der Waals surface area contributed by atoms with Crippen LogP contribution in [0.2, 0.25) is 0 Å². The molecule has 13 nitrogen and oxygen atoms in total. The molecule has 0 amide bonds. The van der Waals surface area contributed by atoms with Crippen LogP contribution in [0.4, 0.5) is 0 Å². The van der Waals surface area contributed by atoms with Crippen LogP contribution in [0.5, 0.6) is 0 Å². The van der Waals surface area contributed by atoms with E-state index in [1.807, 2.05) is 0 Å². The van der Waals surface area contributed by atoms with Crippen molar-refractivity contribution >= 4 is 41.4 Å². The summed E-state index contributed by atoms with van der Waals surface area (Å²) < 4.78 is 31.3. The first kappa shape index (κ1) is 67.4. The predicted octanol–water partition coefficient (Wildman–Crippen LogP) is 16.4. The van der Waals surface area contributed by atoms with Gasteiger partial charge in [0.05, 0.1) is 0 Å². The second kappa shape index (κ2) is 45.3. The predicted molar refractivity (Wildman–Crippen MR) is 297 cm³/mol. The number of carbonyl (C=O) groups excluding carboxylic acids is 5. The molecule has 2 unspecified atom stereocenters. The smallest absolute Gasteiger partial charge is 0.306 e. The van der Waals surface area contributed by atoms with Gasteiger partial charge in [-0.2, -0.15) is 0 Å². The highest BCUT2D eigenvalue weighted by Crippen LogP contribution is 2.41. The Hall–Kier alpha value is -2.74. The third-order valence-corrected chi connectivity index (χ3v) is 16.4. The van der Waals surface area contributed by atoms with Gasteiger partial charge in [-0.25, -0.2) is 0 Å². The van der Waals surface area contributed by atoms with Gasteiger partial charge in [-0.15, -0.1) is 0 Å².